The van der Waals surface area contributed by atoms with Crippen LogP contribution in [0.5, 0.6) is 0 Å². The van der Waals surface area contributed by atoms with Gasteiger partial charge in [-0.15, -0.1) is 0 Å². The molecular weight excluding hydrogens is 244 g/mol. The van der Waals surface area contributed by atoms with E-state index in [0.29, 0.717) is 26.3 Å². The summed E-state index contributed by atoms with van der Waals surface area (Å²) in [6, 6.07) is -0.0671. The summed E-state index contributed by atoms with van der Waals surface area (Å²) in [5.41, 5.74) is 3.16. The maximum Gasteiger partial charge on any atom is 0.318 e. The van der Waals surface area contributed by atoms with Crippen molar-refractivity contribution in [2.45, 2.75) is 26.8 Å². The Hall–Kier alpha value is -1.56. The average molecular weight is 266 g/mol. The van der Waals surface area contributed by atoms with Gasteiger partial charge >= 0.3 is 6.03 Å². The van der Waals surface area contributed by atoms with Crippen LogP contribution >= 0.6 is 0 Å². The first-order valence-corrected chi connectivity index (χ1v) is 6.64. The minimum Gasteiger partial charge on any atom is -0.378 e. The summed E-state index contributed by atoms with van der Waals surface area (Å²) >= 11 is 0. The number of urea groups is 1. The van der Waals surface area contributed by atoms with Crippen LogP contribution in [0.15, 0.2) is 0 Å². The highest BCUT2D eigenvalue weighted by Gasteiger charge is 2.22. The quantitative estimate of drug-likeness (QED) is 0.873. The molecule has 0 spiro atoms. The Morgan fingerprint density at radius 1 is 1.37 bits per heavy atom. The third kappa shape index (κ3) is 2.89. The molecule has 0 radical (unpaired) electrons. The van der Waals surface area contributed by atoms with E-state index in [-0.39, 0.29) is 12.1 Å². The summed E-state index contributed by atoms with van der Waals surface area (Å²) in [4.78, 5) is 13.9. The molecule has 6 heteroatoms. The zero-order valence-electron chi connectivity index (χ0n) is 12.1. The zero-order valence-corrected chi connectivity index (χ0v) is 12.1. The summed E-state index contributed by atoms with van der Waals surface area (Å²) in [6.45, 7) is 8.54. The number of nitrogens with one attached hydrogen (secondary N) is 1. The van der Waals surface area contributed by atoms with Crippen molar-refractivity contribution in [2.24, 2.45) is 7.05 Å². The maximum absolute atomic E-state index is 12.1. The van der Waals surface area contributed by atoms with E-state index in [2.05, 4.69) is 10.4 Å². The topological polar surface area (TPSA) is 59.4 Å². The molecule has 19 heavy (non-hydrogen) atoms. The summed E-state index contributed by atoms with van der Waals surface area (Å²) in [6.07, 6.45) is 0. The highest BCUT2D eigenvalue weighted by Crippen LogP contribution is 2.20. The van der Waals surface area contributed by atoms with Crippen molar-refractivity contribution < 1.29 is 9.53 Å². The molecule has 0 aromatic carbocycles. The molecule has 106 valence electrons. The van der Waals surface area contributed by atoms with Crippen LogP contribution in [0.4, 0.5) is 4.79 Å². The second-order valence-electron chi connectivity index (χ2n) is 4.98. The molecule has 1 saturated heterocycles. The number of carbonyl (C=O) groups is 1. The van der Waals surface area contributed by atoms with Gasteiger partial charge in [0.1, 0.15) is 0 Å². The van der Waals surface area contributed by atoms with E-state index in [0.717, 1.165) is 17.0 Å². The van der Waals surface area contributed by atoms with Gasteiger partial charge in [-0.2, -0.15) is 5.10 Å². The molecule has 1 aliphatic rings. The second-order valence-corrected chi connectivity index (χ2v) is 4.98. The monoisotopic (exact) mass is 266 g/mol. The Bertz CT molecular complexity index is 463. The largest absolute Gasteiger partial charge is 0.378 e. The van der Waals surface area contributed by atoms with E-state index in [1.54, 1.807) is 4.90 Å². The number of hydrogen-bond donors (Lipinski definition) is 1. The van der Waals surface area contributed by atoms with Crippen molar-refractivity contribution in [3.63, 3.8) is 0 Å². The fourth-order valence-electron chi connectivity index (χ4n) is 2.53. The normalized spacial score (nSPS) is 17.4. The van der Waals surface area contributed by atoms with E-state index >= 15 is 0 Å². The highest BCUT2D eigenvalue weighted by molar-refractivity contribution is 5.74. The minimum absolute atomic E-state index is 0.0292. The molecule has 1 N–H and O–H groups in total. The summed E-state index contributed by atoms with van der Waals surface area (Å²) in [5, 5.41) is 7.42. The van der Waals surface area contributed by atoms with Crippen LogP contribution in [0.3, 0.4) is 0 Å². The summed E-state index contributed by atoms with van der Waals surface area (Å²) in [7, 11) is 1.92. The van der Waals surface area contributed by atoms with E-state index in [9.17, 15) is 4.79 Å². The molecule has 2 rings (SSSR count). The minimum atomic E-state index is -0.0379. The van der Waals surface area contributed by atoms with Crippen molar-refractivity contribution in [1.82, 2.24) is 20.0 Å². The third-order valence-corrected chi connectivity index (χ3v) is 3.64. The van der Waals surface area contributed by atoms with Crippen LogP contribution in [0.2, 0.25) is 0 Å². The van der Waals surface area contributed by atoms with Crippen LogP contribution in [0.1, 0.15) is 29.9 Å². The third-order valence-electron chi connectivity index (χ3n) is 3.64. The number of nitrogens with zero attached hydrogens (tertiary/aromatic N) is 3. The van der Waals surface area contributed by atoms with Crippen LogP contribution in [0, 0.1) is 13.8 Å². The van der Waals surface area contributed by atoms with Crippen LogP contribution in [0.25, 0.3) is 0 Å². The number of aryl methyl sites for hydroxylation is 2. The highest BCUT2D eigenvalue weighted by atomic mass is 16.5. The molecule has 1 unspecified atom stereocenters. The Balaban J connectivity index is 2.03. The van der Waals surface area contributed by atoms with Crippen molar-refractivity contribution in [2.75, 3.05) is 26.3 Å². The van der Waals surface area contributed by atoms with Gasteiger partial charge in [0.05, 0.1) is 24.9 Å². The van der Waals surface area contributed by atoms with Gasteiger partial charge in [-0.3, -0.25) is 4.68 Å². The number of hydrogen-bond acceptors (Lipinski definition) is 3. The lowest BCUT2D eigenvalue weighted by Crippen LogP contribution is -2.46. The first kappa shape index (κ1) is 13.9. The van der Waals surface area contributed by atoms with Gasteiger partial charge < -0.3 is 15.0 Å². The fourth-order valence-corrected chi connectivity index (χ4v) is 2.53. The zero-order chi connectivity index (χ0) is 14.0. The van der Waals surface area contributed by atoms with Crippen LogP contribution in [-0.2, 0) is 11.8 Å². The fraction of sp³-hybridized carbons (Fsp3) is 0.692. The molecule has 2 amide bonds. The Kier molecular flexibility index (Phi) is 4.09. The van der Waals surface area contributed by atoms with Gasteiger partial charge in [0.25, 0.3) is 0 Å². The first-order chi connectivity index (χ1) is 9.00. The van der Waals surface area contributed by atoms with Crippen LogP contribution in [-0.4, -0.2) is 47.0 Å². The van der Waals surface area contributed by atoms with E-state index in [1.165, 1.54) is 0 Å². The molecule has 0 aliphatic carbocycles. The van der Waals surface area contributed by atoms with Gasteiger partial charge in [-0.05, 0) is 20.8 Å². The molecule has 1 aliphatic heterocycles. The predicted molar refractivity (Wildman–Crippen MR) is 72.0 cm³/mol. The number of amides is 2. The lowest BCUT2D eigenvalue weighted by Gasteiger charge is -2.28. The van der Waals surface area contributed by atoms with Crippen LogP contribution < -0.4 is 5.32 Å². The number of aromatic nitrogens is 2. The lowest BCUT2D eigenvalue weighted by atomic mass is 10.1. The smallest absolute Gasteiger partial charge is 0.318 e. The van der Waals surface area contributed by atoms with Gasteiger partial charge in [-0.1, -0.05) is 0 Å². The molecule has 1 aromatic rings. The molecular formula is C13H22N4O2. The standard InChI is InChI=1S/C13H22N4O2/c1-9(12-10(2)15-16(4)11(12)3)14-13(18)17-5-7-19-8-6-17/h9H,5-8H2,1-4H3,(H,14,18). The molecule has 2 heterocycles. The lowest BCUT2D eigenvalue weighted by molar-refractivity contribution is 0.0526. The molecule has 1 atom stereocenters. The second kappa shape index (κ2) is 5.61. The average Bonchev–Trinajstić information content (AvgIpc) is 2.64. The van der Waals surface area contributed by atoms with E-state index in [4.69, 9.17) is 4.74 Å². The molecule has 1 aromatic heterocycles. The number of ether oxygens (including phenoxy) is 1. The van der Waals surface area contributed by atoms with E-state index in [1.807, 2.05) is 32.5 Å². The summed E-state index contributed by atoms with van der Waals surface area (Å²) < 4.78 is 7.10. The van der Waals surface area contributed by atoms with Crippen molar-refractivity contribution in [3.05, 3.63) is 17.0 Å². The van der Waals surface area contributed by atoms with Crippen molar-refractivity contribution in [1.29, 1.82) is 0 Å². The number of rotatable bonds is 2. The Morgan fingerprint density at radius 3 is 2.53 bits per heavy atom. The number of carbonyl (C=O) groups excluding carboxylic acids is 1. The van der Waals surface area contributed by atoms with Gasteiger partial charge in [0.2, 0.25) is 0 Å². The Labute approximate surface area is 113 Å². The first-order valence-electron chi connectivity index (χ1n) is 6.64. The molecule has 0 bridgehead atoms. The Morgan fingerprint density at radius 2 is 2.00 bits per heavy atom. The summed E-state index contributed by atoms with van der Waals surface area (Å²) in [5.74, 6) is 0. The SMILES string of the molecule is Cc1nn(C)c(C)c1C(C)NC(=O)N1CCOCC1. The predicted octanol–water partition coefficient (Wildman–Crippen LogP) is 1.14. The van der Waals surface area contributed by atoms with Crippen molar-refractivity contribution in [3.8, 4) is 0 Å². The van der Waals surface area contributed by atoms with E-state index < -0.39 is 0 Å². The number of morpholine rings is 1. The van der Waals surface area contributed by atoms with Crippen molar-refractivity contribution >= 4 is 6.03 Å². The molecule has 1 fully saturated rings. The van der Waals surface area contributed by atoms with Gasteiger partial charge in [0.15, 0.2) is 0 Å². The van der Waals surface area contributed by atoms with Gasteiger partial charge in [0, 0.05) is 31.4 Å². The molecule has 6 nitrogen and oxygen atoms in total. The molecule has 0 saturated carbocycles. The van der Waals surface area contributed by atoms with Gasteiger partial charge in [-0.25, -0.2) is 4.79 Å². The maximum atomic E-state index is 12.1.